The number of carbonyl (C=O) groups excluding carboxylic acids is 1. The van der Waals surface area contributed by atoms with Crippen LogP contribution in [0.25, 0.3) is 0 Å². The summed E-state index contributed by atoms with van der Waals surface area (Å²) in [6.07, 6.45) is 107. The van der Waals surface area contributed by atoms with E-state index in [1.807, 2.05) is 27.2 Å². The predicted molar refractivity (Wildman–Crippen MR) is 401 cm³/mol. The normalized spacial score (nSPS) is 14.2. The Morgan fingerprint density at radius 2 is 0.670 bits per heavy atom. The summed E-state index contributed by atoms with van der Waals surface area (Å²) >= 11 is 0. The number of nitrogens with zero attached hydrogens (tertiary/aromatic N) is 1. The number of carbonyl (C=O) groups is 1. The van der Waals surface area contributed by atoms with Gasteiger partial charge in [0.15, 0.2) is 0 Å². The third-order valence-corrected chi connectivity index (χ3v) is 17.9. The van der Waals surface area contributed by atoms with Gasteiger partial charge in [-0.25, -0.2) is 4.57 Å². The van der Waals surface area contributed by atoms with Gasteiger partial charge in [0, 0.05) is 6.42 Å². The van der Waals surface area contributed by atoms with Crippen molar-refractivity contribution < 1.29 is 32.9 Å². The first-order valence-electron chi connectivity index (χ1n) is 38.4. The van der Waals surface area contributed by atoms with E-state index >= 15 is 0 Å². The molecule has 9 heteroatoms. The average molecular weight is 1290 g/mol. The molecule has 91 heavy (non-hydrogen) atoms. The lowest BCUT2D eigenvalue weighted by Crippen LogP contribution is -2.45. The molecule has 0 heterocycles. The fraction of sp³-hybridized carbons (Fsp3) is 0.744. The lowest BCUT2D eigenvalue weighted by Gasteiger charge is -2.25. The van der Waals surface area contributed by atoms with Crippen LogP contribution in [0.5, 0.6) is 0 Å². The van der Waals surface area contributed by atoms with E-state index in [0.29, 0.717) is 17.4 Å². The highest BCUT2D eigenvalue weighted by Crippen LogP contribution is 2.43. The first kappa shape index (κ1) is 87.9. The number of rotatable bonds is 70. The first-order chi connectivity index (χ1) is 44.5. The second-order valence-electron chi connectivity index (χ2n) is 27.0. The number of hydrogen-bond acceptors (Lipinski definition) is 5. The Morgan fingerprint density at radius 1 is 0.385 bits per heavy atom. The minimum atomic E-state index is -4.37. The predicted octanol–water partition coefficient (Wildman–Crippen LogP) is 25.2. The van der Waals surface area contributed by atoms with Crippen molar-refractivity contribution in [2.45, 2.75) is 353 Å². The van der Waals surface area contributed by atoms with Crippen molar-refractivity contribution in [1.82, 2.24) is 5.32 Å². The first-order valence-corrected chi connectivity index (χ1v) is 39.9. The number of hydrogen-bond donors (Lipinski definition) is 3. The molecule has 0 saturated heterocycles. The number of phosphoric acid groups is 1. The molecule has 0 radical (unpaired) electrons. The fourth-order valence-electron chi connectivity index (χ4n) is 11.0. The van der Waals surface area contributed by atoms with Crippen molar-refractivity contribution in [2.75, 3.05) is 40.9 Å². The van der Waals surface area contributed by atoms with E-state index in [1.165, 1.54) is 231 Å². The molecule has 0 bridgehead atoms. The van der Waals surface area contributed by atoms with Gasteiger partial charge in [0.25, 0.3) is 0 Å². The minimum Gasteiger partial charge on any atom is -0.387 e. The highest BCUT2D eigenvalue weighted by molar-refractivity contribution is 7.47. The lowest BCUT2D eigenvalue weighted by molar-refractivity contribution is -0.870. The van der Waals surface area contributed by atoms with Crippen LogP contribution in [0.1, 0.15) is 341 Å². The zero-order valence-electron chi connectivity index (χ0n) is 60.3. The molecule has 0 aliphatic carbocycles. The molecular formula is C82H148N2O6P+. The van der Waals surface area contributed by atoms with Crippen LogP contribution in [0.2, 0.25) is 0 Å². The second-order valence-corrected chi connectivity index (χ2v) is 28.4. The number of nitrogens with one attached hydrogen (secondary N) is 1. The zero-order valence-corrected chi connectivity index (χ0v) is 61.2. The van der Waals surface area contributed by atoms with E-state index in [-0.39, 0.29) is 19.1 Å². The Bertz CT molecular complexity index is 1900. The van der Waals surface area contributed by atoms with E-state index in [4.69, 9.17) is 9.05 Å². The molecular weight excluding hydrogens is 1140 g/mol. The lowest BCUT2D eigenvalue weighted by atomic mass is 10.0. The van der Waals surface area contributed by atoms with Crippen molar-refractivity contribution in [1.29, 1.82) is 0 Å². The van der Waals surface area contributed by atoms with E-state index in [2.05, 4.69) is 129 Å². The summed E-state index contributed by atoms with van der Waals surface area (Å²) in [6.45, 7) is 4.71. The van der Waals surface area contributed by atoms with Gasteiger partial charge in [-0.05, 0) is 96.3 Å². The average Bonchev–Trinajstić information content (AvgIpc) is 3.58. The number of phosphoric ester groups is 1. The molecule has 0 fully saturated rings. The highest BCUT2D eigenvalue weighted by Gasteiger charge is 2.28. The molecule has 0 saturated carbocycles. The zero-order chi connectivity index (χ0) is 66.2. The highest BCUT2D eigenvalue weighted by atomic mass is 31.2. The summed E-state index contributed by atoms with van der Waals surface area (Å²) in [5.41, 5.74) is 0. The van der Waals surface area contributed by atoms with E-state index in [0.717, 1.165) is 89.9 Å². The van der Waals surface area contributed by atoms with E-state index in [1.54, 1.807) is 6.08 Å². The largest absolute Gasteiger partial charge is 0.472 e. The maximum absolute atomic E-state index is 13.1. The van der Waals surface area contributed by atoms with Crippen LogP contribution in [0.15, 0.2) is 122 Å². The van der Waals surface area contributed by atoms with Crippen LogP contribution >= 0.6 is 7.82 Å². The SMILES string of the molecule is CC/C=C\C/C=C\C/C=C\C/C=C\C/C=C\C/C=C\C/C=C\C/C=C\CCCCCCCCCCCCCCCCC(=O)NC(COP(=O)(O)OCC[N+](C)(C)C)C(O)/C=C/CC/C=C/CCCCCCCCCCCCCCCCCCCCCCCCCC. The van der Waals surface area contributed by atoms with Crippen molar-refractivity contribution in [3.05, 3.63) is 122 Å². The molecule has 0 aromatic rings. The number of quaternary nitrogens is 1. The minimum absolute atomic E-state index is 0.0523. The third kappa shape index (κ3) is 74.2. The maximum Gasteiger partial charge on any atom is 0.472 e. The van der Waals surface area contributed by atoms with Gasteiger partial charge >= 0.3 is 7.82 Å². The molecule has 3 atom stereocenters. The van der Waals surface area contributed by atoms with Gasteiger partial charge in [-0.2, -0.15) is 0 Å². The molecule has 0 aromatic carbocycles. The number of amides is 1. The fourth-order valence-corrected chi connectivity index (χ4v) is 11.8. The van der Waals surface area contributed by atoms with Gasteiger partial charge in [-0.1, -0.05) is 360 Å². The molecule has 526 valence electrons. The number of aliphatic hydroxyl groups excluding tert-OH is 1. The van der Waals surface area contributed by atoms with Gasteiger partial charge in [0.2, 0.25) is 5.91 Å². The Balaban J connectivity index is 4.07. The summed E-state index contributed by atoms with van der Waals surface area (Å²) in [4.78, 5) is 23.5. The molecule has 8 nitrogen and oxygen atoms in total. The van der Waals surface area contributed by atoms with Gasteiger partial charge in [0.1, 0.15) is 13.2 Å². The Labute approximate surface area is 564 Å². The number of allylic oxidation sites excluding steroid dienone is 19. The van der Waals surface area contributed by atoms with Crippen LogP contribution in [0, 0.1) is 0 Å². The summed E-state index contributed by atoms with van der Waals surface area (Å²) in [7, 11) is 1.55. The van der Waals surface area contributed by atoms with Gasteiger partial charge < -0.3 is 19.8 Å². The summed E-state index contributed by atoms with van der Waals surface area (Å²) < 4.78 is 23.8. The molecule has 0 spiro atoms. The Morgan fingerprint density at radius 3 is 1.01 bits per heavy atom. The number of likely N-dealkylation sites (N-methyl/N-ethyl adjacent to an activating group) is 1. The van der Waals surface area contributed by atoms with E-state index in [9.17, 15) is 19.4 Å². The molecule has 3 N–H and O–H groups in total. The summed E-state index contributed by atoms with van der Waals surface area (Å²) in [5.74, 6) is -0.187. The molecule has 0 aromatic heterocycles. The molecule has 1 amide bonds. The van der Waals surface area contributed by atoms with Crippen LogP contribution in [0.4, 0.5) is 0 Å². The summed E-state index contributed by atoms with van der Waals surface area (Å²) in [6, 6.07) is -0.873. The topological polar surface area (TPSA) is 105 Å². The third-order valence-electron chi connectivity index (χ3n) is 16.9. The maximum atomic E-state index is 13.1. The number of aliphatic hydroxyl groups is 1. The van der Waals surface area contributed by atoms with Crippen molar-refractivity contribution >= 4 is 13.7 Å². The summed E-state index contributed by atoms with van der Waals surface area (Å²) in [5, 5.41) is 14.0. The van der Waals surface area contributed by atoms with Crippen molar-refractivity contribution in [2.24, 2.45) is 0 Å². The molecule has 0 aliphatic rings. The number of unbranched alkanes of at least 4 members (excludes halogenated alkanes) is 39. The van der Waals surface area contributed by atoms with Crippen molar-refractivity contribution in [3.63, 3.8) is 0 Å². The van der Waals surface area contributed by atoms with Gasteiger partial charge in [0.05, 0.1) is 39.9 Å². The quantitative estimate of drug-likeness (QED) is 0.0243. The van der Waals surface area contributed by atoms with Crippen LogP contribution < -0.4 is 5.32 Å². The van der Waals surface area contributed by atoms with Gasteiger partial charge in [-0.3, -0.25) is 13.8 Å². The molecule has 0 rings (SSSR count). The Kier molecular flexibility index (Phi) is 68.8. The van der Waals surface area contributed by atoms with E-state index < -0.39 is 20.0 Å². The molecule has 3 unspecified atom stereocenters. The smallest absolute Gasteiger partial charge is 0.387 e. The van der Waals surface area contributed by atoms with Crippen LogP contribution in [-0.2, 0) is 18.4 Å². The second kappa shape index (κ2) is 71.2. The van der Waals surface area contributed by atoms with Gasteiger partial charge in [-0.15, -0.1) is 0 Å². The Hall–Kier alpha value is -3.10. The van der Waals surface area contributed by atoms with Crippen molar-refractivity contribution in [3.8, 4) is 0 Å². The van der Waals surface area contributed by atoms with Crippen LogP contribution in [0.3, 0.4) is 0 Å². The van der Waals surface area contributed by atoms with Crippen LogP contribution in [-0.4, -0.2) is 73.4 Å². The molecule has 0 aliphatic heterocycles. The monoisotopic (exact) mass is 1290 g/mol. The standard InChI is InChI=1S/C82H147N2O6P/c1-6-8-10-12-14-16-18-20-22-24-26-28-30-32-34-36-38-39-40-41-42-43-44-45-46-48-50-52-54-56-58-60-62-64-66-68-70-72-74-76-82(86)83-80(79-90-91(87,88)89-78-77-84(3,4)5)81(85)75-73-71-69-67-65-63-61-59-57-55-53-51-49-47-37-35-33-31-29-27-25-23-21-19-17-15-13-11-9-7-2/h8,10,14,16,20,22,26,28,32,34,38-39,41-42,44-45,65,67,73,75,80-81,85H,6-7,9,11-13,15,17-19,21,23-25,27,29-31,33,35-37,40,43,46-64,66,68-72,74,76-79H2,1-5H3,(H-,83,86,87,88)/p+1/b10-8-,16-14-,22-20-,28-26-,34-32-,39-38-,42-41-,45-44-,67-65+,75-73+.